The molecule has 0 atom stereocenters. The van der Waals surface area contributed by atoms with Crippen LogP contribution in [-0.2, 0) is 17.9 Å². The van der Waals surface area contributed by atoms with Crippen molar-refractivity contribution in [3.63, 3.8) is 0 Å². The highest BCUT2D eigenvalue weighted by molar-refractivity contribution is 8.18. The number of carbonyl (C=O) groups excluding carboxylic acids is 2. The van der Waals surface area contributed by atoms with E-state index < -0.39 is 5.97 Å². The topological polar surface area (TPSA) is 83.9 Å². The van der Waals surface area contributed by atoms with Crippen LogP contribution in [0.3, 0.4) is 0 Å². The smallest absolute Gasteiger partial charge is 0.335 e. The molecule has 3 aromatic rings. The molecule has 0 aliphatic carbocycles. The van der Waals surface area contributed by atoms with Gasteiger partial charge in [0.15, 0.2) is 0 Å². The summed E-state index contributed by atoms with van der Waals surface area (Å²) >= 11 is 0.936. The van der Waals surface area contributed by atoms with Gasteiger partial charge in [-0.05, 0) is 58.8 Å². The minimum atomic E-state index is -0.967. The highest BCUT2D eigenvalue weighted by Crippen LogP contribution is 2.33. The van der Waals surface area contributed by atoms with Gasteiger partial charge in [-0.25, -0.2) is 4.79 Å². The number of carboxylic acids is 1. The van der Waals surface area contributed by atoms with E-state index in [1.54, 1.807) is 30.3 Å². The lowest BCUT2D eigenvalue weighted by atomic mass is 10.1. The highest BCUT2D eigenvalue weighted by Gasteiger charge is 2.34. The second-order valence-corrected chi connectivity index (χ2v) is 8.11. The third-order valence-electron chi connectivity index (χ3n) is 4.84. The number of nitrogens with zero attached hydrogens (tertiary/aromatic N) is 1. The van der Waals surface area contributed by atoms with E-state index in [1.807, 2.05) is 42.5 Å². The van der Waals surface area contributed by atoms with Gasteiger partial charge in [-0.15, -0.1) is 0 Å². The second-order valence-electron chi connectivity index (χ2n) is 7.11. The maximum atomic E-state index is 12.7. The predicted molar refractivity (Wildman–Crippen MR) is 122 cm³/mol. The normalized spacial score (nSPS) is 14.8. The summed E-state index contributed by atoms with van der Waals surface area (Å²) in [5, 5.41) is 8.66. The fraction of sp³-hybridized carbons (Fsp3) is 0.0800. The molecule has 1 aliphatic heterocycles. The molecule has 0 bridgehead atoms. The van der Waals surface area contributed by atoms with Crippen LogP contribution in [0.15, 0.2) is 83.8 Å². The van der Waals surface area contributed by atoms with E-state index >= 15 is 0 Å². The van der Waals surface area contributed by atoms with E-state index in [2.05, 4.69) is 0 Å². The van der Waals surface area contributed by atoms with Crippen molar-refractivity contribution in [1.29, 1.82) is 0 Å². The number of carboxylic acid groups (broad SMARTS) is 1. The second kappa shape index (κ2) is 9.53. The number of thioether (sulfide) groups is 1. The molecule has 4 rings (SSSR count). The van der Waals surface area contributed by atoms with Gasteiger partial charge in [0.05, 0.1) is 17.0 Å². The van der Waals surface area contributed by atoms with Crippen LogP contribution in [-0.4, -0.2) is 27.1 Å². The van der Waals surface area contributed by atoms with Gasteiger partial charge in [0.1, 0.15) is 12.4 Å². The van der Waals surface area contributed by atoms with Crippen LogP contribution < -0.4 is 4.74 Å². The van der Waals surface area contributed by atoms with Crippen molar-refractivity contribution >= 4 is 35.0 Å². The van der Waals surface area contributed by atoms with E-state index in [0.717, 1.165) is 28.5 Å². The maximum Gasteiger partial charge on any atom is 0.335 e. The standard InChI is InChI=1S/C25H19NO5S/c27-23-22(32-25(30)26(23)15-18-4-2-1-3-5-18)14-17-8-12-21(13-9-17)31-16-19-6-10-20(11-7-19)24(28)29/h1-14H,15-16H2,(H,28,29). The van der Waals surface area contributed by atoms with Gasteiger partial charge in [0, 0.05) is 0 Å². The summed E-state index contributed by atoms with van der Waals surface area (Å²) in [6.45, 7) is 0.556. The number of rotatable bonds is 7. The van der Waals surface area contributed by atoms with Gasteiger partial charge in [-0.2, -0.15) is 0 Å². The SMILES string of the molecule is O=C(O)c1ccc(COc2ccc(C=C3SC(=O)N(Cc4ccccc4)C3=O)cc2)cc1. The van der Waals surface area contributed by atoms with Gasteiger partial charge in [0.25, 0.3) is 11.1 Å². The number of ether oxygens (including phenoxy) is 1. The molecule has 2 amide bonds. The van der Waals surface area contributed by atoms with Crippen molar-refractivity contribution in [2.75, 3.05) is 0 Å². The van der Waals surface area contributed by atoms with Crippen molar-refractivity contribution in [3.05, 3.63) is 106 Å². The summed E-state index contributed by atoms with van der Waals surface area (Å²) in [5.74, 6) is -0.624. The third-order valence-corrected chi connectivity index (χ3v) is 5.75. The minimum absolute atomic E-state index is 0.228. The van der Waals surface area contributed by atoms with Crippen molar-refractivity contribution < 1.29 is 24.2 Å². The van der Waals surface area contributed by atoms with Crippen LogP contribution in [0.2, 0.25) is 0 Å². The van der Waals surface area contributed by atoms with E-state index in [0.29, 0.717) is 17.3 Å². The number of amides is 2. The monoisotopic (exact) mass is 445 g/mol. The van der Waals surface area contributed by atoms with Crippen LogP contribution in [0.25, 0.3) is 6.08 Å². The molecule has 7 heteroatoms. The molecule has 6 nitrogen and oxygen atoms in total. The number of carbonyl (C=O) groups is 3. The first-order valence-electron chi connectivity index (χ1n) is 9.84. The Morgan fingerprint density at radius 1 is 0.906 bits per heavy atom. The highest BCUT2D eigenvalue weighted by atomic mass is 32.2. The van der Waals surface area contributed by atoms with E-state index in [1.165, 1.54) is 17.0 Å². The summed E-state index contributed by atoms with van der Waals surface area (Å²) in [7, 11) is 0. The average molecular weight is 445 g/mol. The van der Waals surface area contributed by atoms with Gasteiger partial charge in [-0.3, -0.25) is 14.5 Å². The lowest BCUT2D eigenvalue weighted by Crippen LogP contribution is -2.27. The number of benzene rings is 3. The molecule has 0 radical (unpaired) electrons. The van der Waals surface area contributed by atoms with Crippen LogP contribution in [0, 0.1) is 0 Å². The number of hydrogen-bond acceptors (Lipinski definition) is 5. The first kappa shape index (κ1) is 21.4. The summed E-state index contributed by atoms with van der Waals surface area (Å²) in [6, 6.07) is 23.1. The van der Waals surface area contributed by atoms with Crippen molar-refractivity contribution in [2.45, 2.75) is 13.2 Å². The molecule has 1 heterocycles. The first-order valence-corrected chi connectivity index (χ1v) is 10.7. The van der Waals surface area contributed by atoms with Crippen molar-refractivity contribution in [2.24, 2.45) is 0 Å². The summed E-state index contributed by atoms with van der Waals surface area (Å²) < 4.78 is 5.74. The molecular formula is C25H19NO5S. The van der Waals surface area contributed by atoms with E-state index in [4.69, 9.17) is 9.84 Å². The zero-order chi connectivity index (χ0) is 22.5. The zero-order valence-corrected chi connectivity index (χ0v) is 17.7. The Hall–Kier alpha value is -3.84. The number of aromatic carboxylic acids is 1. The van der Waals surface area contributed by atoms with Crippen LogP contribution in [0.4, 0.5) is 4.79 Å². The molecule has 3 aromatic carbocycles. The first-order chi connectivity index (χ1) is 15.5. The molecule has 1 aliphatic rings. The Kier molecular flexibility index (Phi) is 6.37. The molecule has 160 valence electrons. The van der Waals surface area contributed by atoms with E-state index in [9.17, 15) is 14.4 Å². The van der Waals surface area contributed by atoms with E-state index in [-0.39, 0.29) is 23.3 Å². The minimum Gasteiger partial charge on any atom is -0.489 e. The Morgan fingerprint density at radius 3 is 2.25 bits per heavy atom. The number of hydrogen-bond donors (Lipinski definition) is 1. The van der Waals surface area contributed by atoms with Gasteiger partial charge in [-0.1, -0.05) is 54.6 Å². The van der Waals surface area contributed by atoms with Crippen LogP contribution >= 0.6 is 11.8 Å². The Bertz CT molecular complexity index is 1170. The summed E-state index contributed by atoms with van der Waals surface area (Å²) in [6.07, 6.45) is 1.70. The van der Waals surface area contributed by atoms with Crippen molar-refractivity contribution in [1.82, 2.24) is 4.90 Å². The predicted octanol–water partition coefficient (Wildman–Crippen LogP) is 5.20. The summed E-state index contributed by atoms with van der Waals surface area (Å²) in [5.41, 5.74) is 2.76. The molecule has 0 saturated carbocycles. The molecular weight excluding hydrogens is 426 g/mol. The van der Waals surface area contributed by atoms with Gasteiger partial charge >= 0.3 is 5.97 Å². The fourth-order valence-electron chi connectivity index (χ4n) is 3.12. The zero-order valence-electron chi connectivity index (χ0n) is 16.9. The Balaban J connectivity index is 1.38. The molecule has 1 fully saturated rings. The largest absolute Gasteiger partial charge is 0.489 e. The quantitative estimate of drug-likeness (QED) is 0.503. The third kappa shape index (κ3) is 5.07. The molecule has 1 saturated heterocycles. The summed E-state index contributed by atoms with van der Waals surface area (Å²) in [4.78, 5) is 37.5. The fourth-order valence-corrected chi connectivity index (χ4v) is 3.96. The van der Waals surface area contributed by atoms with Crippen LogP contribution in [0.5, 0.6) is 5.75 Å². The molecule has 32 heavy (non-hydrogen) atoms. The number of imide groups is 1. The Morgan fingerprint density at radius 2 is 1.59 bits per heavy atom. The van der Waals surface area contributed by atoms with Gasteiger partial charge < -0.3 is 9.84 Å². The van der Waals surface area contributed by atoms with Gasteiger partial charge in [0.2, 0.25) is 0 Å². The maximum absolute atomic E-state index is 12.7. The van der Waals surface area contributed by atoms with Crippen LogP contribution in [0.1, 0.15) is 27.0 Å². The Labute approximate surface area is 189 Å². The lowest BCUT2D eigenvalue weighted by Gasteiger charge is -2.12. The molecule has 0 unspecified atom stereocenters. The molecule has 1 N–H and O–H groups in total. The van der Waals surface area contributed by atoms with Crippen molar-refractivity contribution in [3.8, 4) is 5.75 Å². The molecule has 0 aromatic heterocycles. The molecule has 0 spiro atoms. The average Bonchev–Trinajstić information content (AvgIpc) is 3.07. The lowest BCUT2D eigenvalue weighted by molar-refractivity contribution is -0.123.